The molecule has 1 unspecified atom stereocenters. The number of halogens is 1. The molecule has 0 amide bonds. The largest absolute Gasteiger partial charge is 0.144 e. The van der Waals surface area contributed by atoms with Crippen molar-refractivity contribution in [2.75, 3.05) is 5.88 Å². The molecule has 0 nitrogen and oxygen atoms in total. The Kier molecular flexibility index (Phi) is 3.88. The lowest BCUT2D eigenvalue weighted by Crippen LogP contribution is -2.13. The van der Waals surface area contributed by atoms with Gasteiger partial charge < -0.3 is 0 Å². The lowest BCUT2D eigenvalue weighted by Gasteiger charge is -2.17. The van der Waals surface area contributed by atoms with E-state index in [4.69, 9.17) is 11.6 Å². The third-order valence-corrected chi connectivity index (χ3v) is 4.59. The van der Waals surface area contributed by atoms with Crippen LogP contribution in [0, 0.1) is 11.8 Å². The maximum Gasteiger partial charge on any atom is 0.0345 e. The zero-order chi connectivity index (χ0) is 11.5. The first-order valence-electron chi connectivity index (χ1n) is 5.73. The number of rotatable bonds is 4. The molecule has 1 heterocycles. The van der Waals surface area contributed by atoms with Crippen LogP contribution in [0.4, 0.5) is 0 Å². The van der Waals surface area contributed by atoms with Gasteiger partial charge in [0, 0.05) is 10.6 Å². The first-order chi connectivity index (χ1) is 7.72. The molecule has 2 aromatic rings. The predicted octanol–water partition coefficient (Wildman–Crippen LogP) is 4.95. The first-order valence-corrected chi connectivity index (χ1v) is 7.15. The Morgan fingerprint density at radius 3 is 2.69 bits per heavy atom. The van der Waals surface area contributed by atoms with Gasteiger partial charge >= 0.3 is 0 Å². The molecule has 0 N–H and O–H groups in total. The van der Waals surface area contributed by atoms with E-state index in [2.05, 4.69) is 43.5 Å². The number of benzene rings is 1. The smallest absolute Gasteiger partial charge is 0.0345 e. The molecule has 2 heteroatoms. The van der Waals surface area contributed by atoms with Crippen LogP contribution >= 0.6 is 22.9 Å². The minimum Gasteiger partial charge on any atom is -0.144 e. The normalized spacial score (nSPS) is 13.5. The Hall–Kier alpha value is -0.530. The van der Waals surface area contributed by atoms with Gasteiger partial charge in [-0.3, -0.25) is 0 Å². The molecule has 0 saturated carbocycles. The number of hydrogen-bond acceptors (Lipinski definition) is 1. The maximum absolute atomic E-state index is 6.03. The minimum absolute atomic E-state index is 0.583. The van der Waals surface area contributed by atoms with E-state index in [0.29, 0.717) is 11.8 Å². The van der Waals surface area contributed by atoms with Gasteiger partial charge in [-0.05, 0) is 40.7 Å². The van der Waals surface area contributed by atoms with Crippen LogP contribution in [0.25, 0.3) is 10.1 Å². The van der Waals surface area contributed by atoms with Crippen LogP contribution in [0.2, 0.25) is 0 Å². The zero-order valence-corrected chi connectivity index (χ0v) is 11.3. The Bertz CT molecular complexity index is 458. The zero-order valence-electron chi connectivity index (χ0n) is 9.74. The molecular formula is C14H17ClS. The van der Waals surface area contributed by atoms with E-state index in [1.165, 1.54) is 15.6 Å². The maximum atomic E-state index is 6.03. The van der Waals surface area contributed by atoms with Gasteiger partial charge in [0.25, 0.3) is 0 Å². The van der Waals surface area contributed by atoms with Crippen molar-refractivity contribution in [1.29, 1.82) is 0 Å². The SMILES string of the molecule is CC(C)C(CCl)Cc1csc2ccccc12. The topological polar surface area (TPSA) is 0 Å². The third-order valence-electron chi connectivity index (χ3n) is 3.18. The van der Waals surface area contributed by atoms with E-state index in [1.807, 2.05) is 11.3 Å². The van der Waals surface area contributed by atoms with Gasteiger partial charge in [0.2, 0.25) is 0 Å². The Morgan fingerprint density at radius 1 is 1.25 bits per heavy atom. The summed E-state index contributed by atoms with van der Waals surface area (Å²) >= 11 is 7.87. The number of alkyl halides is 1. The van der Waals surface area contributed by atoms with Crippen LogP contribution in [0.5, 0.6) is 0 Å². The van der Waals surface area contributed by atoms with Crippen molar-refractivity contribution < 1.29 is 0 Å². The van der Waals surface area contributed by atoms with E-state index in [9.17, 15) is 0 Å². The number of thiophene rings is 1. The summed E-state index contributed by atoms with van der Waals surface area (Å²) in [7, 11) is 0. The molecule has 16 heavy (non-hydrogen) atoms. The quantitative estimate of drug-likeness (QED) is 0.675. The molecule has 0 bridgehead atoms. The molecule has 1 aromatic carbocycles. The van der Waals surface area contributed by atoms with Gasteiger partial charge in [0.15, 0.2) is 0 Å². The molecule has 0 aliphatic rings. The van der Waals surface area contributed by atoms with Gasteiger partial charge in [-0.1, -0.05) is 32.0 Å². The van der Waals surface area contributed by atoms with E-state index < -0.39 is 0 Å². The van der Waals surface area contributed by atoms with Gasteiger partial charge in [-0.2, -0.15) is 0 Å². The fourth-order valence-electron chi connectivity index (χ4n) is 1.94. The fourth-order valence-corrected chi connectivity index (χ4v) is 3.38. The van der Waals surface area contributed by atoms with Crippen LogP contribution in [-0.2, 0) is 6.42 Å². The highest BCUT2D eigenvalue weighted by Crippen LogP contribution is 2.29. The molecule has 0 radical (unpaired) electrons. The second-order valence-electron chi connectivity index (χ2n) is 4.62. The average Bonchev–Trinajstić information content (AvgIpc) is 2.69. The lowest BCUT2D eigenvalue weighted by atomic mass is 9.91. The highest BCUT2D eigenvalue weighted by Gasteiger charge is 2.14. The van der Waals surface area contributed by atoms with Gasteiger partial charge in [-0.25, -0.2) is 0 Å². The molecule has 0 aliphatic carbocycles. The van der Waals surface area contributed by atoms with Gasteiger partial charge in [0.05, 0.1) is 0 Å². The van der Waals surface area contributed by atoms with Crippen molar-refractivity contribution in [3.05, 3.63) is 35.2 Å². The summed E-state index contributed by atoms with van der Waals surface area (Å²) in [5.74, 6) is 1.98. The van der Waals surface area contributed by atoms with Crippen molar-refractivity contribution in [2.45, 2.75) is 20.3 Å². The highest BCUT2D eigenvalue weighted by atomic mass is 35.5. The summed E-state index contributed by atoms with van der Waals surface area (Å²) in [5, 5.41) is 3.69. The minimum atomic E-state index is 0.583. The summed E-state index contributed by atoms with van der Waals surface area (Å²) in [4.78, 5) is 0. The van der Waals surface area contributed by atoms with E-state index in [0.717, 1.165) is 12.3 Å². The molecule has 1 aromatic heterocycles. The summed E-state index contributed by atoms with van der Waals surface area (Å²) in [5.41, 5.74) is 1.46. The average molecular weight is 253 g/mol. The van der Waals surface area contributed by atoms with Crippen LogP contribution < -0.4 is 0 Å². The van der Waals surface area contributed by atoms with E-state index in [1.54, 1.807) is 0 Å². The van der Waals surface area contributed by atoms with Crippen molar-refractivity contribution >= 4 is 33.0 Å². The lowest BCUT2D eigenvalue weighted by molar-refractivity contribution is 0.423. The second-order valence-corrected chi connectivity index (χ2v) is 5.84. The summed E-state index contributed by atoms with van der Waals surface area (Å²) in [6.45, 7) is 4.50. The summed E-state index contributed by atoms with van der Waals surface area (Å²) in [6, 6.07) is 8.62. The number of hydrogen-bond donors (Lipinski definition) is 0. The molecule has 0 saturated heterocycles. The Labute approximate surface area is 106 Å². The molecule has 0 aliphatic heterocycles. The molecule has 0 fully saturated rings. The van der Waals surface area contributed by atoms with Crippen LogP contribution in [-0.4, -0.2) is 5.88 Å². The molecular weight excluding hydrogens is 236 g/mol. The highest BCUT2D eigenvalue weighted by molar-refractivity contribution is 7.17. The van der Waals surface area contributed by atoms with Crippen LogP contribution in [0.1, 0.15) is 19.4 Å². The van der Waals surface area contributed by atoms with Gasteiger partial charge in [-0.15, -0.1) is 22.9 Å². The monoisotopic (exact) mass is 252 g/mol. The van der Waals surface area contributed by atoms with Crippen molar-refractivity contribution in [1.82, 2.24) is 0 Å². The Balaban J connectivity index is 2.27. The predicted molar refractivity (Wildman–Crippen MR) is 74.6 cm³/mol. The van der Waals surface area contributed by atoms with Gasteiger partial charge in [0.1, 0.15) is 0 Å². The van der Waals surface area contributed by atoms with Crippen molar-refractivity contribution in [3.63, 3.8) is 0 Å². The first kappa shape index (κ1) is 11.9. The third kappa shape index (κ3) is 2.41. The molecule has 0 spiro atoms. The van der Waals surface area contributed by atoms with Crippen LogP contribution in [0.3, 0.4) is 0 Å². The van der Waals surface area contributed by atoms with Crippen molar-refractivity contribution in [2.24, 2.45) is 11.8 Å². The standard InChI is InChI=1S/C14H17ClS/c1-10(2)11(8-15)7-12-9-16-14-6-4-3-5-13(12)14/h3-6,9-11H,7-8H2,1-2H3. The second kappa shape index (κ2) is 5.20. The Morgan fingerprint density at radius 2 is 2.00 bits per heavy atom. The van der Waals surface area contributed by atoms with E-state index in [-0.39, 0.29) is 0 Å². The summed E-state index contributed by atoms with van der Waals surface area (Å²) < 4.78 is 1.38. The molecule has 86 valence electrons. The van der Waals surface area contributed by atoms with E-state index >= 15 is 0 Å². The number of fused-ring (bicyclic) bond motifs is 1. The van der Waals surface area contributed by atoms with Crippen molar-refractivity contribution in [3.8, 4) is 0 Å². The molecule has 2 rings (SSSR count). The summed E-state index contributed by atoms with van der Waals surface area (Å²) in [6.07, 6.45) is 1.10. The fraction of sp³-hybridized carbons (Fsp3) is 0.429. The molecule has 1 atom stereocenters. The van der Waals surface area contributed by atoms with Crippen LogP contribution in [0.15, 0.2) is 29.6 Å².